The molecule has 1 unspecified atom stereocenters. The van der Waals surface area contributed by atoms with Gasteiger partial charge in [0.25, 0.3) is 0 Å². The Morgan fingerprint density at radius 2 is 2.29 bits per heavy atom. The van der Waals surface area contributed by atoms with E-state index in [2.05, 4.69) is 15.3 Å². The van der Waals surface area contributed by atoms with Gasteiger partial charge in [0, 0.05) is 6.20 Å². The number of hydrogen-bond acceptors (Lipinski definition) is 5. The van der Waals surface area contributed by atoms with Crippen molar-refractivity contribution in [3.63, 3.8) is 0 Å². The van der Waals surface area contributed by atoms with E-state index in [1.807, 2.05) is 6.92 Å². The maximum absolute atomic E-state index is 11.5. The largest absolute Gasteiger partial charge is 0.476 e. The number of aromatic carboxylic acids is 1. The minimum Gasteiger partial charge on any atom is -0.476 e. The number of carboxylic acids is 1. The second-order valence-electron chi connectivity index (χ2n) is 4.72. The Labute approximate surface area is 120 Å². The fourth-order valence-corrected chi connectivity index (χ4v) is 2.14. The molecule has 0 fully saturated rings. The molecule has 2 N–H and O–H groups in total. The van der Waals surface area contributed by atoms with Crippen LogP contribution in [0.4, 0.5) is 5.82 Å². The van der Waals surface area contributed by atoms with Crippen LogP contribution in [0.3, 0.4) is 0 Å². The number of hydrogen-bond donors (Lipinski definition) is 2. The van der Waals surface area contributed by atoms with Crippen LogP contribution in [0.1, 0.15) is 35.1 Å². The van der Waals surface area contributed by atoms with E-state index in [4.69, 9.17) is 4.42 Å². The maximum atomic E-state index is 11.5. The standard InChI is InChI=1S/C14H14N4O3/c1-8-7-15-13(21-8)9(2)16-12-11(14(19)20)18-6-4-3-5-10(18)17-12/h3-7,9,16H,1-2H3,(H,19,20). The smallest absolute Gasteiger partial charge is 0.356 e. The van der Waals surface area contributed by atoms with Gasteiger partial charge < -0.3 is 14.8 Å². The van der Waals surface area contributed by atoms with Gasteiger partial charge in [-0.1, -0.05) is 6.07 Å². The van der Waals surface area contributed by atoms with E-state index in [0.717, 1.165) is 0 Å². The van der Waals surface area contributed by atoms with Crippen molar-refractivity contribution >= 4 is 17.4 Å². The van der Waals surface area contributed by atoms with Crippen molar-refractivity contribution in [2.24, 2.45) is 0 Å². The SMILES string of the molecule is Cc1cnc(C(C)Nc2nc3ccccn3c2C(=O)O)o1. The average molecular weight is 286 g/mol. The van der Waals surface area contributed by atoms with Gasteiger partial charge in [-0.3, -0.25) is 4.40 Å². The Morgan fingerprint density at radius 1 is 1.48 bits per heavy atom. The molecule has 0 bridgehead atoms. The van der Waals surface area contributed by atoms with Gasteiger partial charge in [0.1, 0.15) is 17.4 Å². The normalized spacial score (nSPS) is 12.5. The summed E-state index contributed by atoms with van der Waals surface area (Å²) in [5.41, 5.74) is 0.647. The maximum Gasteiger partial charge on any atom is 0.356 e. The molecule has 0 aromatic carbocycles. The van der Waals surface area contributed by atoms with Crippen LogP contribution in [-0.4, -0.2) is 25.4 Å². The van der Waals surface area contributed by atoms with E-state index in [0.29, 0.717) is 17.3 Å². The number of carboxylic acid groups (broad SMARTS) is 1. The van der Waals surface area contributed by atoms with Crippen molar-refractivity contribution in [3.05, 3.63) is 47.9 Å². The second kappa shape index (κ2) is 4.93. The van der Waals surface area contributed by atoms with Gasteiger partial charge >= 0.3 is 5.97 Å². The summed E-state index contributed by atoms with van der Waals surface area (Å²) in [5.74, 6) is 0.428. The summed E-state index contributed by atoms with van der Waals surface area (Å²) >= 11 is 0. The summed E-state index contributed by atoms with van der Waals surface area (Å²) < 4.78 is 6.96. The van der Waals surface area contributed by atoms with Gasteiger partial charge in [-0.05, 0) is 26.0 Å². The number of imidazole rings is 1. The third-order valence-electron chi connectivity index (χ3n) is 3.10. The highest BCUT2D eigenvalue weighted by Gasteiger charge is 2.21. The third-order valence-corrected chi connectivity index (χ3v) is 3.10. The van der Waals surface area contributed by atoms with Gasteiger partial charge in [-0.15, -0.1) is 0 Å². The minimum absolute atomic E-state index is 0.0840. The number of aryl methyl sites for hydroxylation is 1. The first-order valence-corrected chi connectivity index (χ1v) is 6.45. The molecule has 3 aromatic rings. The number of nitrogens with zero attached hydrogens (tertiary/aromatic N) is 3. The number of rotatable bonds is 4. The summed E-state index contributed by atoms with van der Waals surface area (Å²) in [6, 6.07) is 5.02. The number of oxazole rings is 1. The Kier molecular flexibility index (Phi) is 3.09. The fraction of sp³-hybridized carbons (Fsp3) is 0.214. The van der Waals surface area contributed by atoms with Crippen LogP contribution in [-0.2, 0) is 0 Å². The molecule has 0 aliphatic carbocycles. The Balaban J connectivity index is 2.00. The first-order chi connectivity index (χ1) is 10.1. The van der Waals surface area contributed by atoms with Crippen LogP contribution in [0.25, 0.3) is 5.65 Å². The number of aromatic nitrogens is 3. The quantitative estimate of drug-likeness (QED) is 0.765. The van der Waals surface area contributed by atoms with Crippen molar-refractivity contribution < 1.29 is 14.3 Å². The van der Waals surface area contributed by atoms with E-state index in [9.17, 15) is 9.90 Å². The predicted octanol–water partition coefficient (Wildman–Crippen LogP) is 2.50. The van der Waals surface area contributed by atoms with Crippen LogP contribution in [0.2, 0.25) is 0 Å². The van der Waals surface area contributed by atoms with E-state index >= 15 is 0 Å². The minimum atomic E-state index is -1.05. The molecule has 0 amide bonds. The molecule has 1 atom stereocenters. The summed E-state index contributed by atoms with van der Waals surface area (Å²) in [5, 5.41) is 12.4. The molecule has 108 valence electrons. The lowest BCUT2D eigenvalue weighted by Gasteiger charge is -2.10. The van der Waals surface area contributed by atoms with Crippen LogP contribution >= 0.6 is 0 Å². The van der Waals surface area contributed by atoms with Crippen molar-refractivity contribution in [1.29, 1.82) is 0 Å². The highest BCUT2D eigenvalue weighted by molar-refractivity contribution is 5.93. The zero-order chi connectivity index (χ0) is 15.0. The Morgan fingerprint density at radius 3 is 2.95 bits per heavy atom. The molecule has 0 aliphatic rings. The van der Waals surface area contributed by atoms with E-state index < -0.39 is 5.97 Å². The topological polar surface area (TPSA) is 92.7 Å². The number of anilines is 1. The van der Waals surface area contributed by atoms with E-state index in [1.165, 1.54) is 4.40 Å². The summed E-state index contributed by atoms with van der Waals surface area (Å²) in [6.45, 7) is 3.64. The Hall–Kier alpha value is -2.83. The highest BCUT2D eigenvalue weighted by Crippen LogP contribution is 2.23. The van der Waals surface area contributed by atoms with Crippen LogP contribution in [0.15, 0.2) is 35.0 Å². The number of nitrogens with one attached hydrogen (secondary N) is 1. The first kappa shape index (κ1) is 13.2. The lowest BCUT2D eigenvalue weighted by atomic mass is 10.3. The second-order valence-corrected chi connectivity index (χ2v) is 4.72. The highest BCUT2D eigenvalue weighted by atomic mass is 16.4. The van der Waals surface area contributed by atoms with E-state index in [-0.39, 0.29) is 17.6 Å². The summed E-state index contributed by atoms with van der Waals surface area (Å²) in [6.07, 6.45) is 3.28. The van der Waals surface area contributed by atoms with E-state index in [1.54, 1.807) is 37.5 Å². The molecule has 0 radical (unpaired) electrons. The van der Waals surface area contributed by atoms with Crippen molar-refractivity contribution in [1.82, 2.24) is 14.4 Å². The van der Waals surface area contributed by atoms with Gasteiger partial charge in [-0.2, -0.15) is 0 Å². The monoisotopic (exact) mass is 286 g/mol. The fourth-order valence-electron chi connectivity index (χ4n) is 2.14. The summed E-state index contributed by atoms with van der Waals surface area (Å²) in [7, 11) is 0. The molecule has 3 aromatic heterocycles. The lowest BCUT2D eigenvalue weighted by Crippen LogP contribution is -2.11. The van der Waals surface area contributed by atoms with Crippen molar-refractivity contribution in [3.8, 4) is 0 Å². The number of carbonyl (C=O) groups is 1. The zero-order valence-corrected chi connectivity index (χ0v) is 11.6. The molecule has 21 heavy (non-hydrogen) atoms. The van der Waals surface area contributed by atoms with Gasteiger partial charge in [0.2, 0.25) is 5.89 Å². The molecule has 0 saturated heterocycles. The van der Waals surface area contributed by atoms with Crippen LogP contribution in [0, 0.1) is 6.92 Å². The third kappa shape index (κ3) is 2.33. The number of pyridine rings is 1. The number of fused-ring (bicyclic) bond motifs is 1. The molecule has 0 aliphatic heterocycles. The lowest BCUT2D eigenvalue weighted by molar-refractivity contribution is 0.0690. The van der Waals surface area contributed by atoms with Crippen LogP contribution < -0.4 is 5.32 Å². The molecular formula is C14H14N4O3. The first-order valence-electron chi connectivity index (χ1n) is 6.45. The molecule has 3 rings (SSSR count). The summed E-state index contributed by atoms with van der Waals surface area (Å²) in [4.78, 5) is 19.9. The Bertz CT molecular complexity index is 806. The molecule has 7 heteroatoms. The molecule has 7 nitrogen and oxygen atoms in total. The molecule has 0 saturated carbocycles. The molecule has 0 spiro atoms. The average Bonchev–Trinajstić information content (AvgIpc) is 3.01. The molecular weight excluding hydrogens is 272 g/mol. The van der Waals surface area contributed by atoms with Gasteiger partial charge in [-0.25, -0.2) is 14.8 Å². The van der Waals surface area contributed by atoms with Crippen molar-refractivity contribution in [2.75, 3.05) is 5.32 Å². The zero-order valence-electron chi connectivity index (χ0n) is 11.6. The van der Waals surface area contributed by atoms with Gasteiger partial charge in [0.05, 0.1) is 6.20 Å². The van der Waals surface area contributed by atoms with Gasteiger partial charge in [0.15, 0.2) is 11.5 Å². The van der Waals surface area contributed by atoms with Crippen molar-refractivity contribution in [2.45, 2.75) is 19.9 Å². The predicted molar refractivity (Wildman–Crippen MR) is 75.4 cm³/mol. The van der Waals surface area contributed by atoms with Crippen LogP contribution in [0.5, 0.6) is 0 Å². The molecule has 3 heterocycles.